The van der Waals surface area contributed by atoms with Crippen molar-refractivity contribution in [3.05, 3.63) is 21.3 Å². The van der Waals surface area contributed by atoms with Crippen LogP contribution in [0.5, 0.6) is 0 Å². The predicted octanol–water partition coefficient (Wildman–Crippen LogP) is 3.21. The van der Waals surface area contributed by atoms with Crippen LogP contribution in [0.3, 0.4) is 0 Å². The molecule has 2 heterocycles. The lowest BCUT2D eigenvalue weighted by molar-refractivity contribution is 0.555. The van der Waals surface area contributed by atoms with Crippen LogP contribution in [-0.2, 0) is 0 Å². The average molecular weight is 266 g/mol. The zero-order valence-electron chi connectivity index (χ0n) is 5.62. The maximum absolute atomic E-state index is 5.61. The van der Waals surface area contributed by atoms with Gasteiger partial charge in [-0.25, -0.2) is 0 Å². The first-order chi connectivity index (χ1) is 5.75. The summed E-state index contributed by atoms with van der Waals surface area (Å²) in [6.07, 6.45) is 0. The quantitative estimate of drug-likeness (QED) is 0.795. The highest BCUT2D eigenvalue weighted by molar-refractivity contribution is 9.10. The Morgan fingerprint density at radius 2 is 2.25 bits per heavy atom. The zero-order valence-corrected chi connectivity index (χ0v) is 8.78. The third-order valence-corrected chi connectivity index (χ3v) is 2.64. The Kier molecular flexibility index (Phi) is 2.16. The standard InChI is InChI=1S/C6H2BrClN2OS/c7-4-2-1-3(11-4)5-9-10-6(8)12-5/h1-2H. The summed E-state index contributed by atoms with van der Waals surface area (Å²) in [5.74, 6) is 0.672. The van der Waals surface area contributed by atoms with Crippen molar-refractivity contribution < 1.29 is 4.42 Å². The van der Waals surface area contributed by atoms with Crippen molar-refractivity contribution in [2.75, 3.05) is 0 Å². The first-order valence-electron chi connectivity index (χ1n) is 3.00. The minimum atomic E-state index is 0.414. The Morgan fingerprint density at radius 1 is 1.42 bits per heavy atom. The van der Waals surface area contributed by atoms with Gasteiger partial charge in [0.25, 0.3) is 0 Å². The van der Waals surface area contributed by atoms with Crippen molar-refractivity contribution in [1.29, 1.82) is 0 Å². The van der Waals surface area contributed by atoms with Crippen molar-refractivity contribution in [3.8, 4) is 10.8 Å². The highest BCUT2D eigenvalue weighted by atomic mass is 79.9. The van der Waals surface area contributed by atoms with Gasteiger partial charge in [-0.3, -0.25) is 0 Å². The van der Waals surface area contributed by atoms with Crippen molar-refractivity contribution in [2.45, 2.75) is 0 Å². The van der Waals surface area contributed by atoms with E-state index in [0.717, 1.165) is 0 Å². The summed E-state index contributed by atoms with van der Waals surface area (Å²) >= 11 is 10.1. The number of hydrogen-bond acceptors (Lipinski definition) is 4. The smallest absolute Gasteiger partial charge is 0.207 e. The van der Waals surface area contributed by atoms with Gasteiger partial charge < -0.3 is 4.42 Å². The van der Waals surface area contributed by atoms with Gasteiger partial charge in [-0.15, -0.1) is 10.2 Å². The van der Waals surface area contributed by atoms with E-state index in [0.29, 0.717) is 19.9 Å². The van der Waals surface area contributed by atoms with E-state index in [2.05, 4.69) is 26.1 Å². The van der Waals surface area contributed by atoms with Crippen LogP contribution in [0, 0.1) is 0 Å². The van der Waals surface area contributed by atoms with Crippen LogP contribution < -0.4 is 0 Å². The lowest BCUT2D eigenvalue weighted by Gasteiger charge is -1.83. The van der Waals surface area contributed by atoms with E-state index in [1.54, 1.807) is 12.1 Å². The van der Waals surface area contributed by atoms with E-state index in [9.17, 15) is 0 Å². The lowest BCUT2D eigenvalue weighted by Crippen LogP contribution is -1.70. The SMILES string of the molecule is Clc1nnc(-c2ccc(Br)o2)s1. The molecule has 0 N–H and O–H groups in total. The number of halogens is 2. The van der Waals surface area contributed by atoms with E-state index >= 15 is 0 Å². The first-order valence-corrected chi connectivity index (χ1v) is 4.99. The number of furan rings is 1. The number of aromatic nitrogens is 2. The zero-order chi connectivity index (χ0) is 8.55. The number of rotatable bonds is 1. The normalized spacial score (nSPS) is 10.5. The van der Waals surface area contributed by atoms with Crippen LogP contribution in [0.15, 0.2) is 21.2 Å². The third kappa shape index (κ3) is 1.53. The summed E-state index contributed by atoms with van der Waals surface area (Å²) in [6, 6.07) is 3.60. The molecule has 0 saturated heterocycles. The minimum Gasteiger partial charge on any atom is -0.447 e. The second-order valence-corrected chi connectivity index (χ2v) is 4.31. The van der Waals surface area contributed by atoms with E-state index in [4.69, 9.17) is 16.0 Å². The summed E-state index contributed by atoms with van der Waals surface area (Å²) in [7, 11) is 0. The summed E-state index contributed by atoms with van der Waals surface area (Å²) in [6.45, 7) is 0. The highest BCUT2D eigenvalue weighted by Crippen LogP contribution is 2.28. The molecule has 0 aliphatic heterocycles. The van der Waals surface area contributed by atoms with E-state index < -0.39 is 0 Å². The molecule has 0 radical (unpaired) electrons. The topological polar surface area (TPSA) is 38.9 Å². The summed E-state index contributed by atoms with van der Waals surface area (Å²) in [4.78, 5) is 0. The molecule has 0 spiro atoms. The molecule has 0 bridgehead atoms. The lowest BCUT2D eigenvalue weighted by atomic mass is 10.5. The molecular formula is C6H2BrClN2OS. The van der Waals surface area contributed by atoms with E-state index in [1.807, 2.05) is 0 Å². The molecule has 0 aromatic carbocycles. The molecule has 2 rings (SSSR count). The van der Waals surface area contributed by atoms with Crippen LogP contribution in [0.2, 0.25) is 4.47 Å². The molecule has 2 aromatic heterocycles. The molecule has 0 saturated carbocycles. The van der Waals surface area contributed by atoms with Crippen molar-refractivity contribution in [3.63, 3.8) is 0 Å². The predicted molar refractivity (Wildman–Crippen MR) is 50.3 cm³/mol. The van der Waals surface area contributed by atoms with Gasteiger partial charge in [0.15, 0.2) is 15.4 Å². The third-order valence-electron chi connectivity index (χ3n) is 1.18. The maximum atomic E-state index is 5.61. The maximum Gasteiger partial charge on any atom is 0.207 e. The molecule has 12 heavy (non-hydrogen) atoms. The Hall–Kier alpha value is -0.390. The number of nitrogens with zero attached hydrogens (tertiary/aromatic N) is 2. The fraction of sp³-hybridized carbons (Fsp3) is 0. The van der Waals surface area contributed by atoms with Gasteiger partial charge >= 0.3 is 0 Å². The molecule has 62 valence electrons. The average Bonchev–Trinajstić information content (AvgIpc) is 2.58. The van der Waals surface area contributed by atoms with Crippen LogP contribution in [0.1, 0.15) is 0 Å². The molecule has 0 aliphatic rings. The molecule has 2 aromatic rings. The van der Waals surface area contributed by atoms with Gasteiger partial charge in [-0.2, -0.15) is 0 Å². The first kappa shape index (κ1) is 8.22. The molecule has 0 unspecified atom stereocenters. The van der Waals surface area contributed by atoms with Gasteiger partial charge in [-0.1, -0.05) is 11.3 Å². The molecule has 0 aliphatic carbocycles. The Morgan fingerprint density at radius 3 is 2.75 bits per heavy atom. The molecule has 0 atom stereocenters. The fourth-order valence-corrected chi connectivity index (χ4v) is 1.83. The van der Waals surface area contributed by atoms with Gasteiger partial charge in [0.1, 0.15) is 0 Å². The number of hydrogen-bond donors (Lipinski definition) is 0. The van der Waals surface area contributed by atoms with Crippen LogP contribution in [0.25, 0.3) is 10.8 Å². The van der Waals surface area contributed by atoms with Gasteiger partial charge in [0.2, 0.25) is 4.47 Å². The molecule has 3 nitrogen and oxygen atoms in total. The summed E-state index contributed by atoms with van der Waals surface area (Å²) in [5, 5.41) is 8.17. The largest absolute Gasteiger partial charge is 0.447 e. The molecular weight excluding hydrogens is 264 g/mol. The molecule has 6 heteroatoms. The second kappa shape index (κ2) is 3.16. The fourth-order valence-electron chi connectivity index (χ4n) is 0.734. The molecule has 0 fully saturated rings. The van der Waals surface area contributed by atoms with Gasteiger partial charge in [0, 0.05) is 0 Å². The van der Waals surface area contributed by atoms with E-state index in [-0.39, 0.29) is 0 Å². The second-order valence-electron chi connectivity index (χ2n) is 1.96. The van der Waals surface area contributed by atoms with Gasteiger partial charge in [0.05, 0.1) is 0 Å². The Balaban J connectivity index is 2.43. The highest BCUT2D eigenvalue weighted by Gasteiger charge is 2.08. The Labute approximate surface area is 85.5 Å². The van der Waals surface area contributed by atoms with E-state index in [1.165, 1.54) is 11.3 Å². The minimum absolute atomic E-state index is 0.414. The van der Waals surface area contributed by atoms with Crippen LogP contribution >= 0.6 is 38.9 Å². The summed E-state index contributed by atoms with van der Waals surface area (Å²) < 4.78 is 6.33. The van der Waals surface area contributed by atoms with Gasteiger partial charge in [-0.05, 0) is 39.7 Å². The molecule has 0 amide bonds. The Bertz CT molecular complexity index is 361. The van der Waals surface area contributed by atoms with Crippen LogP contribution in [-0.4, -0.2) is 10.2 Å². The summed E-state index contributed by atoms with van der Waals surface area (Å²) in [5.41, 5.74) is 0. The van der Waals surface area contributed by atoms with Crippen molar-refractivity contribution >= 4 is 38.9 Å². The van der Waals surface area contributed by atoms with Crippen LogP contribution in [0.4, 0.5) is 0 Å². The van der Waals surface area contributed by atoms with Crippen molar-refractivity contribution in [2.24, 2.45) is 0 Å². The van der Waals surface area contributed by atoms with Crippen molar-refractivity contribution in [1.82, 2.24) is 10.2 Å². The monoisotopic (exact) mass is 264 g/mol.